The Morgan fingerprint density at radius 1 is 1.00 bits per heavy atom. The molecule has 0 radical (unpaired) electrons. The van der Waals surface area contributed by atoms with Crippen LogP contribution in [-0.4, -0.2) is 5.54 Å². The van der Waals surface area contributed by atoms with Crippen LogP contribution in [0.2, 0.25) is 0 Å². The molecule has 0 atom stereocenters. The molecule has 2 nitrogen and oxygen atoms in total. The molecule has 0 aliphatic heterocycles. The molecule has 0 unspecified atom stereocenters. The van der Waals surface area contributed by atoms with E-state index in [1.807, 2.05) is 18.2 Å². The first-order valence-corrected chi connectivity index (χ1v) is 7.75. The molecule has 1 aromatic carbocycles. The lowest BCUT2D eigenvalue weighted by Gasteiger charge is -2.33. The van der Waals surface area contributed by atoms with Crippen molar-refractivity contribution in [2.24, 2.45) is 5.41 Å². The summed E-state index contributed by atoms with van der Waals surface area (Å²) in [6.45, 7) is 11.7. The molecular weight excluding hydrogens is 277 g/mol. The average Bonchev–Trinajstić information content (AvgIpc) is 2.83. The molecule has 0 bridgehead atoms. The normalized spacial score (nSPS) is 12.6. The van der Waals surface area contributed by atoms with Gasteiger partial charge in [0.1, 0.15) is 17.3 Å². The van der Waals surface area contributed by atoms with Crippen LogP contribution in [0.4, 0.5) is 4.39 Å². The Morgan fingerprint density at radius 3 is 2.32 bits per heavy atom. The monoisotopic (exact) mass is 303 g/mol. The van der Waals surface area contributed by atoms with E-state index >= 15 is 0 Å². The van der Waals surface area contributed by atoms with Crippen molar-refractivity contribution in [2.75, 3.05) is 0 Å². The third-order valence-corrected chi connectivity index (χ3v) is 3.51. The first kappa shape index (κ1) is 16.8. The van der Waals surface area contributed by atoms with Crippen molar-refractivity contribution in [1.29, 1.82) is 0 Å². The zero-order chi connectivity index (χ0) is 16.4. The van der Waals surface area contributed by atoms with Gasteiger partial charge < -0.3 is 9.73 Å². The lowest BCUT2D eigenvalue weighted by molar-refractivity contribution is 0.236. The van der Waals surface area contributed by atoms with Crippen molar-refractivity contribution in [3.05, 3.63) is 48.0 Å². The van der Waals surface area contributed by atoms with E-state index in [4.69, 9.17) is 4.42 Å². The summed E-state index contributed by atoms with van der Waals surface area (Å²) >= 11 is 0. The summed E-state index contributed by atoms with van der Waals surface area (Å²) in [7, 11) is 0. The van der Waals surface area contributed by atoms with Crippen LogP contribution < -0.4 is 5.32 Å². The third kappa shape index (κ3) is 4.70. The maximum absolute atomic E-state index is 13.8. The minimum absolute atomic E-state index is 0.0171. The highest BCUT2D eigenvalue weighted by Gasteiger charge is 2.25. The van der Waals surface area contributed by atoms with Crippen LogP contribution in [0, 0.1) is 11.2 Å². The van der Waals surface area contributed by atoms with Crippen molar-refractivity contribution in [3.63, 3.8) is 0 Å². The average molecular weight is 303 g/mol. The van der Waals surface area contributed by atoms with Crippen molar-refractivity contribution in [3.8, 4) is 11.3 Å². The van der Waals surface area contributed by atoms with Gasteiger partial charge in [-0.1, -0.05) is 32.9 Å². The number of hydrogen-bond donors (Lipinski definition) is 1. The zero-order valence-corrected chi connectivity index (χ0v) is 14.2. The second kappa shape index (κ2) is 6.25. The fraction of sp³-hybridized carbons (Fsp3) is 0.474. The van der Waals surface area contributed by atoms with E-state index in [2.05, 4.69) is 39.9 Å². The van der Waals surface area contributed by atoms with Crippen LogP contribution in [-0.2, 0) is 6.54 Å². The minimum Gasteiger partial charge on any atom is -0.460 e. The summed E-state index contributed by atoms with van der Waals surface area (Å²) in [5.74, 6) is 1.13. The topological polar surface area (TPSA) is 25.2 Å². The summed E-state index contributed by atoms with van der Waals surface area (Å²) < 4.78 is 19.5. The Balaban J connectivity index is 2.03. The molecule has 0 spiro atoms. The zero-order valence-electron chi connectivity index (χ0n) is 14.2. The quantitative estimate of drug-likeness (QED) is 0.801. The molecule has 0 fully saturated rings. The van der Waals surface area contributed by atoms with Crippen molar-refractivity contribution < 1.29 is 8.81 Å². The molecule has 1 N–H and O–H groups in total. The summed E-state index contributed by atoms with van der Waals surface area (Å²) in [5.41, 5.74) is 0.781. The standard InChI is InChI=1S/C19H26FNO/c1-18(2,3)13-19(4,5)21-12-14-10-11-17(22-14)15-8-6-7-9-16(15)20/h6-11,21H,12-13H2,1-5H3. The molecule has 0 saturated carbocycles. The molecular formula is C19H26FNO. The van der Waals surface area contributed by atoms with E-state index in [9.17, 15) is 4.39 Å². The van der Waals surface area contributed by atoms with Crippen LogP contribution in [0.25, 0.3) is 11.3 Å². The molecule has 1 heterocycles. The number of benzene rings is 1. The highest BCUT2D eigenvalue weighted by molar-refractivity contribution is 5.58. The van der Waals surface area contributed by atoms with Gasteiger partial charge in [0.25, 0.3) is 0 Å². The predicted octanol–water partition coefficient (Wildman–Crippen LogP) is 5.39. The first-order valence-electron chi connectivity index (χ1n) is 7.75. The molecule has 0 aliphatic carbocycles. The van der Waals surface area contributed by atoms with Gasteiger partial charge in [0.2, 0.25) is 0 Å². The van der Waals surface area contributed by atoms with Gasteiger partial charge in [-0.2, -0.15) is 0 Å². The van der Waals surface area contributed by atoms with Crippen LogP contribution in [0.3, 0.4) is 0 Å². The molecule has 22 heavy (non-hydrogen) atoms. The second-order valence-electron chi connectivity index (χ2n) is 7.72. The fourth-order valence-electron chi connectivity index (χ4n) is 2.99. The number of nitrogens with one attached hydrogen (secondary N) is 1. The van der Waals surface area contributed by atoms with Gasteiger partial charge in [0.15, 0.2) is 0 Å². The largest absolute Gasteiger partial charge is 0.460 e. The third-order valence-electron chi connectivity index (χ3n) is 3.51. The van der Waals surface area contributed by atoms with Gasteiger partial charge in [-0.05, 0) is 49.9 Å². The maximum atomic E-state index is 13.8. The molecule has 2 aromatic rings. The summed E-state index contributed by atoms with van der Waals surface area (Å²) in [5, 5.41) is 3.52. The van der Waals surface area contributed by atoms with Gasteiger partial charge in [0, 0.05) is 5.54 Å². The SMILES string of the molecule is CC(C)(C)CC(C)(C)NCc1ccc(-c2ccccc2F)o1. The summed E-state index contributed by atoms with van der Waals surface area (Å²) in [4.78, 5) is 0. The molecule has 0 saturated heterocycles. The summed E-state index contributed by atoms with van der Waals surface area (Å²) in [6.07, 6.45) is 1.06. The lowest BCUT2D eigenvalue weighted by atomic mass is 9.82. The molecule has 2 rings (SSSR count). The molecule has 120 valence electrons. The maximum Gasteiger partial charge on any atom is 0.137 e. The Bertz CT molecular complexity index is 622. The Morgan fingerprint density at radius 2 is 1.68 bits per heavy atom. The summed E-state index contributed by atoms with van der Waals surface area (Å²) in [6, 6.07) is 10.4. The highest BCUT2D eigenvalue weighted by atomic mass is 19.1. The van der Waals surface area contributed by atoms with Crippen molar-refractivity contribution in [2.45, 2.75) is 53.1 Å². The van der Waals surface area contributed by atoms with Gasteiger partial charge in [-0.3, -0.25) is 0 Å². The number of halogens is 1. The van der Waals surface area contributed by atoms with Gasteiger partial charge in [-0.25, -0.2) is 4.39 Å². The fourth-order valence-corrected chi connectivity index (χ4v) is 2.99. The van der Waals surface area contributed by atoms with E-state index in [1.54, 1.807) is 12.1 Å². The van der Waals surface area contributed by atoms with E-state index in [-0.39, 0.29) is 16.8 Å². The van der Waals surface area contributed by atoms with Gasteiger partial charge in [-0.15, -0.1) is 0 Å². The van der Waals surface area contributed by atoms with Gasteiger partial charge >= 0.3 is 0 Å². The highest BCUT2D eigenvalue weighted by Crippen LogP contribution is 2.28. The first-order chi connectivity index (χ1) is 10.2. The lowest BCUT2D eigenvalue weighted by Crippen LogP contribution is -2.41. The Labute approximate surface area is 132 Å². The number of rotatable bonds is 5. The van der Waals surface area contributed by atoms with E-state index in [1.165, 1.54) is 6.07 Å². The molecule has 3 heteroatoms. The van der Waals surface area contributed by atoms with Crippen molar-refractivity contribution >= 4 is 0 Å². The molecule has 0 amide bonds. The number of furan rings is 1. The molecule has 1 aromatic heterocycles. The minimum atomic E-state index is -0.260. The van der Waals surface area contributed by atoms with E-state index in [0.29, 0.717) is 17.9 Å². The van der Waals surface area contributed by atoms with Gasteiger partial charge in [0.05, 0.1) is 12.1 Å². The Hall–Kier alpha value is -1.61. The van der Waals surface area contributed by atoms with Crippen LogP contribution in [0.5, 0.6) is 0 Å². The molecule has 0 aliphatic rings. The van der Waals surface area contributed by atoms with E-state index < -0.39 is 0 Å². The smallest absolute Gasteiger partial charge is 0.137 e. The van der Waals surface area contributed by atoms with Crippen LogP contribution in [0.1, 0.15) is 46.8 Å². The van der Waals surface area contributed by atoms with E-state index in [0.717, 1.165) is 12.2 Å². The second-order valence-corrected chi connectivity index (χ2v) is 7.72. The van der Waals surface area contributed by atoms with Crippen LogP contribution in [0.15, 0.2) is 40.8 Å². The van der Waals surface area contributed by atoms with Crippen molar-refractivity contribution in [1.82, 2.24) is 5.32 Å². The van der Waals surface area contributed by atoms with Crippen LogP contribution >= 0.6 is 0 Å². The predicted molar refractivity (Wildman–Crippen MR) is 89.1 cm³/mol. The Kier molecular flexibility index (Phi) is 4.76. The number of hydrogen-bond acceptors (Lipinski definition) is 2.